The van der Waals surface area contributed by atoms with E-state index in [9.17, 15) is 19.7 Å². The molecule has 9 nitrogen and oxygen atoms in total. The third-order valence-electron chi connectivity index (χ3n) is 4.05. The van der Waals surface area contributed by atoms with Crippen LogP contribution in [0, 0.1) is 10.1 Å². The molecule has 0 unspecified atom stereocenters. The van der Waals surface area contributed by atoms with Crippen LogP contribution in [0.4, 0.5) is 11.4 Å². The third kappa shape index (κ3) is 6.50. The number of rotatable bonds is 7. The number of non-ortho nitro benzene ring substituents is 1. The highest BCUT2D eigenvalue weighted by Gasteiger charge is 2.13. The summed E-state index contributed by atoms with van der Waals surface area (Å²) in [5.74, 6) is -1.24. The molecule has 0 heterocycles. The fourth-order valence-electron chi connectivity index (χ4n) is 2.46. The van der Waals surface area contributed by atoms with E-state index in [-0.39, 0.29) is 11.4 Å². The van der Waals surface area contributed by atoms with E-state index in [1.54, 1.807) is 24.3 Å². The normalized spacial score (nSPS) is 10.5. The molecule has 0 aliphatic rings. The molecule has 9 heteroatoms. The first-order valence-electron chi connectivity index (χ1n) is 9.17. The zero-order valence-corrected chi connectivity index (χ0v) is 16.2. The summed E-state index contributed by atoms with van der Waals surface area (Å²) in [7, 11) is 0. The van der Waals surface area contributed by atoms with Gasteiger partial charge in [0.15, 0.2) is 0 Å². The smallest absolute Gasteiger partial charge is 0.329 e. The molecule has 0 saturated heterocycles. The van der Waals surface area contributed by atoms with Gasteiger partial charge >= 0.3 is 11.8 Å². The molecule has 0 saturated carbocycles. The minimum Gasteiger partial charge on any atom is -0.489 e. The summed E-state index contributed by atoms with van der Waals surface area (Å²) in [4.78, 5) is 33.7. The van der Waals surface area contributed by atoms with E-state index in [0.717, 1.165) is 5.56 Å². The molecule has 0 radical (unpaired) electrons. The first-order valence-corrected chi connectivity index (χ1v) is 9.17. The van der Waals surface area contributed by atoms with E-state index in [1.165, 1.54) is 30.5 Å². The molecule has 2 amide bonds. The average Bonchev–Trinajstić information content (AvgIpc) is 2.79. The molecule has 3 rings (SSSR count). The van der Waals surface area contributed by atoms with Crippen molar-refractivity contribution >= 4 is 29.4 Å². The van der Waals surface area contributed by atoms with Crippen LogP contribution in [0.3, 0.4) is 0 Å². The van der Waals surface area contributed by atoms with E-state index < -0.39 is 16.7 Å². The Balaban J connectivity index is 1.46. The molecular formula is C22H18N4O5. The summed E-state index contributed by atoms with van der Waals surface area (Å²) in [6.07, 6.45) is 1.39. The molecule has 0 bridgehead atoms. The van der Waals surface area contributed by atoms with Gasteiger partial charge in [-0.25, -0.2) is 5.43 Å². The standard InChI is InChI=1S/C22H18N4O5/c27-21(24-18-8-10-19(11-9-18)26(29)30)22(28)25-23-14-16-6-12-20(13-7-16)31-15-17-4-2-1-3-5-17/h1-14H,15H2,(H,24,27)(H,25,28)/b23-14-. The fraction of sp³-hybridized carbons (Fsp3) is 0.0455. The second-order valence-electron chi connectivity index (χ2n) is 6.30. The Morgan fingerprint density at radius 1 is 0.935 bits per heavy atom. The summed E-state index contributed by atoms with van der Waals surface area (Å²) in [6, 6.07) is 21.9. The van der Waals surface area contributed by atoms with Crippen LogP contribution in [0.1, 0.15) is 11.1 Å². The molecule has 156 valence electrons. The van der Waals surface area contributed by atoms with E-state index in [2.05, 4.69) is 15.8 Å². The van der Waals surface area contributed by atoms with Crippen molar-refractivity contribution < 1.29 is 19.2 Å². The van der Waals surface area contributed by atoms with Crippen molar-refractivity contribution in [1.29, 1.82) is 0 Å². The number of hydrogen-bond donors (Lipinski definition) is 2. The van der Waals surface area contributed by atoms with Crippen LogP contribution >= 0.6 is 0 Å². The maximum Gasteiger partial charge on any atom is 0.329 e. The van der Waals surface area contributed by atoms with E-state index in [1.807, 2.05) is 30.3 Å². The molecule has 0 aromatic heterocycles. The van der Waals surface area contributed by atoms with Crippen LogP contribution in [-0.4, -0.2) is 23.0 Å². The maximum absolute atomic E-state index is 11.9. The van der Waals surface area contributed by atoms with Crippen LogP contribution in [0.5, 0.6) is 5.75 Å². The van der Waals surface area contributed by atoms with Crippen molar-refractivity contribution in [3.63, 3.8) is 0 Å². The zero-order chi connectivity index (χ0) is 22.1. The van der Waals surface area contributed by atoms with Crippen molar-refractivity contribution in [2.24, 2.45) is 5.10 Å². The van der Waals surface area contributed by atoms with Gasteiger partial charge in [0.2, 0.25) is 0 Å². The van der Waals surface area contributed by atoms with Crippen molar-refractivity contribution in [3.05, 3.63) is 100 Å². The second kappa shape index (κ2) is 10.3. The fourth-order valence-corrected chi connectivity index (χ4v) is 2.46. The highest BCUT2D eigenvalue weighted by atomic mass is 16.6. The SMILES string of the molecule is O=C(N/N=C\c1ccc(OCc2ccccc2)cc1)C(=O)Nc1ccc([N+](=O)[O-])cc1. The van der Waals surface area contributed by atoms with E-state index in [0.29, 0.717) is 17.9 Å². The molecule has 0 atom stereocenters. The number of nitrogens with one attached hydrogen (secondary N) is 2. The highest BCUT2D eigenvalue weighted by molar-refractivity contribution is 6.39. The molecule has 0 aliphatic heterocycles. The number of carbonyl (C=O) groups is 2. The number of hydrogen-bond acceptors (Lipinski definition) is 6. The van der Waals surface area contributed by atoms with Gasteiger partial charge in [0.25, 0.3) is 5.69 Å². The summed E-state index contributed by atoms with van der Waals surface area (Å²) < 4.78 is 5.69. The van der Waals surface area contributed by atoms with Gasteiger partial charge in [-0.1, -0.05) is 30.3 Å². The lowest BCUT2D eigenvalue weighted by atomic mass is 10.2. The Hall–Kier alpha value is -4.53. The number of anilines is 1. The number of ether oxygens (including phenoxy) is 1. The first kappa shape index (κ1) is 21.2. The van der Waals surface area contributed by atoms with Crippen LogP contribution in [0.2, 0.25) is 0 Å². The maximum atomic E-state index is 11.9. The average molecular weight is 418 g/mol. The molecule has 0 aliphatic carbocycles. The number of hydrazone groups is 1. The number of nitrogens with zero attached hydrogens (tertiary/aromatic N) is 2. The van der Waals surface area contributed by atoms with Crippen molar-refractivity contribution in [2.75, 3.05) is 5.32 Å². The number of nitro benzene ring substituents is 1. The Kier molecular flexibility index (Phi) is 7.04. The lowest BCUT2D eigenvalue weighted by molar-refractivity contribution is -0.384. The summed E-state index contributed by atoms with van der Waals surface area (Å²) in [6.45, 7) is 0.453. The topological polar surface area (TPSA) is 123 Å². The predicted molar refractivity (Wildman–Crippen MR) is 115 cm³/mol. The van der Waals surface area contributed by atoms with Gasteiger partial charge in [0.05, 0.1) is 11.1 Å². The van der Waals surface area contributed by atoms with Crippen molar-refractivity contribution in [3.8, 4) is 5.75 Å². The number of carbonyl (C=O) groups excluding carboxylic acids is 2. The number of amides is 2. The Morgan fingerprint density at radius 2 is 1.61 bits per heavy atom. The molecule has 3 aromatic rings. The van der Waals surface area contributed by atoms with Crippen LogP contribution in [0.15, 0.2) is 84.0 Å². The molecular weight excluding hydrogens is 400 g/mol. The molecule has 2 N–H and O–H groups in total. The Labute approximate surface area is 177 Å². The molecule has 3 aromatic carbocycles. The van der Waals surface area contributed by atoms with Gasteiger partial charge < -0.3 is 10.1 Å². The number of benzene rings is 3. The summed E-state index contributed by atoms with van der Waals surface area (Å²) in [5, 5.41) is 16.7. The quantitative estimate of drug-likeness (QED) is 0.264. The predicted octanol–water partition coefficient (Wildman–Crippen LogP) is 3.26. The van der Waals surface area contributed by atoms with E-state index >= 15 is 0 Å². The lowest BCUT2D eigenvalue weighted by Crippen LogP contribution is -2.32. The zero-order valence-electron chi connectivity index (χ0n) is 16.2. The Morgan fingerprint density at radius 3 is 2.26 bits per heavy atom. The van der Waals surface area contributed by atoms with Gasteiger partial charge in [-0.15, -0.1) is 0 Å². The summed E-state index contributed by atoms with van der Waals surface area (Å²) in [5.41, 5.74) is 4.01. The van der Waals surface area contributed by atoms with E-state index in [4.69, 9.17) is 4.74 Å². The van der Waals surface area contributed by atoms with Gasteiger partial charge in [0, 0.05) is 17.8 Å². The van der Waals surface area contributed by atoms with Gasteiger partial charge in [-0.3, -0.25) is 19.7 Å². The lowest BCUT2D eigenvalue weighted by Gasteiger charge is -2.06. The van der Waals surface area contributed by atoms with Crippen molar-refractivity contribution in [1.82, 2.24) is 5.43 Å². The molecule has 0 fully saturated rings. The van der Waals surface area contributed by atoms with Crippen LogP contribution in [-0.2, 0) is 16.2 Å². The number of nitro groups is 1. The van der Waals surface area contributed by atoms with Gasteiger partial charge in [-0.2, -0.15) is 5.10 Å². The second-order valence-corrected chi connectivity index (χ2v) is 6.30. The third-order valence-corrected chi connectivity index (χ3v) is 4.05. The Bertz CT molecular complexity index is 1080. The first-order chi connectivity index (χ1) is 15.0. The highest BCUT2D eigenvalue weighted by Crippen LogP contribution is 2.15. The minimum absolute atomic E-state index is 0.122. The molecule has 31 heavy (non-hydrogen) atoms. The monoisotopic (exact) mass is 418 g/mol. The summed E-state index contributed by atoms with van der Waals surface area (Å²) >= 11 is 0. The largest absolute Gasteiger partial charge is 0.489 e. The molecule has 0 spiro atoms. The van der Waals surface area contributed by atoms with Crippen LogP contribution in [0.25, 0.3) is 0 Å². The van der Waals surface area contributed by atoms with Gasteiger partial charge in [-0.05, 0) is 47.5 Å². The van der Waals surface area contributed by atoms with Gasteiger partial charge in [0.1, 0.15) is 12.4 Å². The minimum atomic E-state index is -0.975. The van der Waals surface area contributed by atoms with Crippen LogP contribution < -0.4 is 15.5 Å². The van der Waals surface area contributed by atoms with Crippen molar-refractivity contribution in [2.45, 2.75) is 6.61 Å².